The molecule has 0 aromatic heterocycles. The molecule has 1 unspecified atom stereocenters. The van der Waals surface area contributed by atoms with E-state index < -0.39 is 0 Å². The van der Waals surface area contributed by atoms with Gasteiger partial charge in [-0.2, -0.15) is 0 Å². The van der Waals surface area contributed by atoms with E-state index in [4.69, 9.17) is 5.73 Å². The average Bonchev–Trinajstić information content (AvgIpc) is 2.15. The molecule has 0 aliphatic heterocycles. The fourth-order valence-corrected chi connectivity index (χ4v) is 2.71. The first-order valence-electron chi connectivity index (χ1n) is 6.37. The van der Waals surface area contributed by atoms with Crippen molar-refractivity contribution in [3.8, 4) is 0 Å². The molecule has 0 radical (unpaired) electrons. The second kappa shape index (κ2) is 4.69. The minimum atomic E-state index is -0.113. The summed E-state index contributed by atoms with van der Waals surface area (Å²) < 4.78 is 0. The third-order valence-electron chi connectivity index (χ3n) is 3.75. The minimum Gasteiger partial charge on any atom is -0.322 e. The number of nitrogens with two attached hydrogens (primary N) is 1. The monoisotopic (exact) mass is 209 g/mol. The summed E-state index contributed by atoms with van der Waals surface area (Å²) in [5.74, 6) is 1.56. The molecule has 0 spiro atoms. The second-order valence-electron chi connectivity index (χ2n) is 5.90. The van der Waals surface area contributed by atoms with Crippen LogP contribution >= 0.6 is 0 Å². The fourth-order valence-electron chi connectivity index (χ4n) is 2.71. The lowest BCUT2D eigenvalue weighted by Crippen LogP contribution is -2.37. The quantitative estimate of drug-likeness (QED) is 0.701. The van der Waals surface area contributed by atoms with Gasteiger partial charge in [-0.15, -0.1) is 0 Å². The largest absolute Gasteiger partial charge is 0.322 e. The number of rotatable bonds is 3. The summed E-state index contributed by atoms with van der Waals surface area (Å²) in [6.45, 7) is 11.2. The highest BCUT2D eigenvalue weighted by molar-refractivity contribution is 5.28. The van der Waals surface area contributed by atoms with Crippen LogP contribution in [0.5, 0.6) is 0 Å². The normalized spacial score (nSPS) is 23.8. The molecular formula is C14H27N. The Bertz CT molecular complexity index is 243. The van der Waals surface area contributed by atoms with E-state index in [0.717, 1.165) is 5.92 Å². The van der Waals surface area contributed by atoms with Crippen molar-refractivity contribution in [2.24, 2.45) is 17.6 Å². The van der Waals surface area contributed by atoms with Crippen molar-refractivity contribution in [3.63, 3.8) is 0 Å². The van der Waals surface area contributed by atoms with E-state index >= 15 is 0 Å². The molecule has 1 heteroatoms. The van der Waals surface area contributed by atoms with E-state index in [1.54, 1.807) is 5.57 Å². The van der Waals surface area contributed by atoms with Crippen molar-refractivity contribution >= 4 is 0 Å². The van der Waals surface area contributed by atoms with Gasteiger partial charge in [0.05, 0.1) is 0 Å². The van der Waals surface area contributed by atoms with Crippen LogP contribution < -0.4 is 5.73 Å². The topological polar surface area (TPSA) is 26.0 Å². The Labute approximate surface area is 95.1 Å². The van der Waals surface area contributed by atoms with Gasteiger partial charge < -0.3 is 5.73 Å². The van der Waals surface area contributed by atoms with Crippen molar-refractivity contribution in [3.05, 3.63) is 11.1 Å². The van der Waals surface area contributed by atoms with Crippen molar-refractivity contribution in [2.45, 2.75) is 65.8 Å². The Kier molecular flexibility index (Phi) is 3.99. The van der Waals surface area contributed by atoms with Crippen LogP contribution in [0, 0.1) is 11.8 Å². The molecule has 1 aliphatic carbocycles. The van der Waals surface area contributed by atoms with E-state index in [9.17, 15) is 0 Å². The number of hydrogen-bond donors (Lipinski definition) is 1. The fraction of sp³-hybridized carbons (Fsp3) is 0.857. The summed E-state index contributed by atoms with van der Waals surface area (Å²) in [6.07, 6.45) is 5.15. The second-order valence-corrected chi connectivity index (χ2v) is 5.90. The Balaban J connectivity index is 2.97. The van der Waals surface area contributed by atoms with E-state index in [1.165, 1.54) is 31.3 Å². The molecule has 0 bridgehead atoms. The van der Waals surface area contributed by atoms with Crippen LogP contribution in [-0.2, 0) is 0 Å². The molecule has 2 N–H and O–H groups in total. The van der Waals surface area contributed by atoms with E-state index in [1.807, 2.05) is 0 Å². The minimum absolute atomic E-state index is 0.113. The first-order valence-corrected chi connectivity index (χ1v) is 6.37. The third-order valence-corrected chi connectivity index (χ3v) is 3.75. The van der Waals surface area contributed by atoms with Gasteiger partial charge in [-0.1, -0.05) is 38.3 Å². The van der Waals surface area contributed by atoms with Gasteiger partial charge in [0.15, 0.2) is 0 Å². The summed E-state index contributed by atoms with van der Waals surface area (Å²) in [5, 5.41) is 0. The molecular weight excluding hydrogens is 182 g/mol. The first-order chi connectivity index (χ1) is 6.86. The summed E-state index contributed by atoms with van der Waals surface area (Å²) in [7, 11) is 0. The number of hydrogen-bond acceptors (Lipinski definition) is 1. The standard InChI is InChI=1S/C14H27N/c1-6-11-7-8-13(14(4,5)15)12(9-11)10(2)3/h10-11H,6-9,15H2,1-5H3. The average molecular weight is 209 g/mol. The molecule has 1 rings (SSSR count). The van der Waals surface area contributed by atoms with Crippen LogP contribution in [0.25, 0.3) is 0 Å². The van der Waals surface area contributed by atoms with Crippen molar-refractivity contribution in [1.82, 2.24) is 0 Å². The molecule has 0 amide bonds. The van der Waals surface area contributed by atoms with E-state index in [2.05, 4.69) is 34.6 Å². The van der Waals surface area contributed by atoms with Gasteiger partial charge in [0, 0.05) is 5.54 Å². The van der Waals surface area contributed by atoms with Crippen LogP contribution in [0.3, 0.4) is 0 Å². The van der Waals surface area contributed by atoms with Crippen LogP contribution in [-0.4, -0.2) is 5.54 Å². The van der Waals surface area contributed by atoms with Crippen molar-refractivity contribution in [1.29, 1.82) is 0 Å². The van der Waals surface area contributed by atoms with Crippen molar-refractivity contribution < 1.29 is 0 Å². The predicted octanol–water partition coefficient (Wildman–Crippen LogP) is 3.89. The zero-order valence-electron chi connectivity index (χ0n) is 11.1. The summed E-state index contributed by atoms with van der Waals surface area (Å²) in [5.41, 5.74) is 9.32. The number of allylic oxidation sites excluding steroid dienone is 1. The van der Waals surface area contributed by atoms with Gasteiger partial charge in [-0.25, -0.2) is 0 Å². The molecule has 0 saturated carbocycles. The lowest BCUT2D eigenvalue weighted by molar-refractivity contribution is 0.392. The maximum atomic E-state index is 6.27. The highest BCUT2D eigenvalue weighted by Crippen LogP contribution is 2.38. The summed E-state index contributed by atoms with van der Waals surface area (Å²) in [4.78, 5) is 0. The zero-order valence-corrected chi connectivity index (χ0v) is 11.1. The highest BCUT2D eigenvalue weighted by Gasteiger charge is 2.28. The molecule has 1 nitrogen and oxygen atoms in total. The molecule has 0 heterocycles. The molecule has 88 valence electrons. The maximum Gasteiger partial charge on any atom is 0.0314 e. The molecule has 0 saturated heterocycles. The smallest absolute Gasteiger partial charge is 0.0314 e. The van der Waals surface area contributed by atoms with Crippen LogP contribution in [0.2, 0.25) is 0 Å². The Morgan fingerprint density at radius 1 is 1.40 bits per heavy atom. The van der Waals surface area contributed by atoms with Crippen molar-refractivity contribution in [2.75, 3.05) is 0 Å². The third kappa shape index (κ3) is 3.07. The lowest BCUT2D eigenvalue weighted by atomic mass is 9.73. The molecule has 15 heavy (non-hydrogen) atoms. The Morgan fingerprint density at radius 2 is 2.00 bits per heavy atom. The van der Waals surface area contributed by atoms with Gasteiger partial charge in [0.25, 0.3) is 0 Å². The van der Waals surface area contributed by atoms with E-state index in [-0.39, 0.29) is 5.54 Å². The predicted molar refractivity (Wildman–Crippen MR) is 67.8 cm³/mol. The maximum absolute atomic E-state index is 6.27. The molecule has 1 atom stereocenters. The van der Waals surface area contributed by atoms with Crippen LogP contribution in [0.4, 0.5) is 0 Å². The van der Waals surface area contributed by atoms with Gasteiger partial charge >= 0.3 is 0 Å². The van der Waals surface area contributed by atoms with E-state index in [0.29, 0.717) is 5.92 Å². The lowest BCUT2D eigenvalue weighted by Gasteiger charge is -2.35. The Hall–Kier alpha value is -0.300. The molecule has 0 aromatic rings. The van der Waals surface area contributed by atoms with Crippen LogP contribution in [0.15, 0.2) is 11.1 Å². The van der Waals surface area contributed by atoms with Gasteiger partial charge in [0.2, 0.25) is 0 Å². The van der Waals surface area contributed by atoms with Gasteiger partial charge in [-0.3, -0.25) is 0 Å². The summed E-state index contributed by atoms with van der Waals surface area (Å²) in [6, 6.07) is 0. The van der Waals surface area contributed by atoms with Gasteiger partial charge in [0.1, 0.15) is 0 Å². The van der Waals surface area contributed by atoms with Crippen LogP contribution in [0.1, 0.15) is 60.3 Å². The first kappa shape index (κ1) is 12.8. The molecule has 0 fully saturated rings. The SMILES string of the molecule is CCC1CCC(C(C)(C)N)=C(C(C)C)C1. The zero-order chi connectivity index (χ0) is 11.6. The van der Waals surface area contributed by atoms with Gasteiger partial charge in [-0.05, 0) is 44.9 Å². The molecule has 1 aliphatic rings. The summed E-state index contributed by atoms with van der Waals surface area (Å²) >= 11 is 0. The molecule has 0 aromatic carbocycles. The highest BCUT2D eigenvalue weighted by atomic mass is 14.7. The Morgan fingerprint density at radius 3 is 2.40 bits per heavy atom.